The normalized spacial score (nSPS) is 19.8. The van der Waals surface area contributed by atoms with Crippen molar-refractivity contribution in [2.45, 2.75) is 81.6 Å². The third-order valence-electron chi connectivity index (χ3n) is 6.09. The van der Waals surface area contributed by atoms with Crippen molar-refractivity contribution in [3.05, 3.63) is 24.3 Å². The lowest BCUT2D eigenvalue weighted by Gasteiger charge is -2.50. The summed E-state index contributed by atoms with van der Waals surface area (Å²) in [6, 6.07) is 5.93. The van der Waals surface area contributed by atoms with Gasteiger partial charge in [0.2, 0.25) is 10.0 Å². The molecule has 1 heterocycles. The fourth-order valence-electron chi connectivity index (χ4n) is 3.71. The number of benzene rings is 1. The number of nitrogens with one attached hydrogen (secondary N) is 1. The van der Waals surface area contributed by atoms with Crippen molar-refractivity contribution in [3.8, 4) is 17.6 Å². The third kappa shape index (κ3) is 8.03. The summed E-state index contributed by atoms with van der Waals surface area (Å²) < 4.78 is 37.8. The first kappa shape index (κ1) is 30.8. The number of carboxylic acid groups (broad SMARTS) is 1. The SMILES string of the molecule is CC(C)(C)OC(=O)NCCCCC#CCOc1ccc(S(=O)(=O)N2CCSC(C)(C)[C@]2(C)C(=O)O)cc1. The van der Waals surface area contributed by atoms with E-state index >= 15 is 0 Å². The lowest BCUT2D eigenvalue weighted by molar-refractivity contribution is -0.149. The first-order chi connectivity index (χ1) is 17.1. The number of rotatable bonds is 9. The molecule has 0 bridgehead atoms. The van der Waals surface area contributed by atoms with Crippen LogP contribution in [0.25, 0.3) is 0 Å². The molecule has 0 saturated carbocycles. The zero-order valence-electron chi connectivity index (χ0n) is 22.4. The molecule has 9 nitrogen and oxygen atoms in total. The summed E-state index contributed by atoms with van der Waals surface area (Å²) in [5.41, 5.74) is -2.11. The van der Waals surface area contributed by atoms with Crippen molar-refractivity contribution in [1.29, 1.82) is 0 Å². The van der Waals surface area contributed by atoms with Crippen molar-refractivity contribution in [2.75, 3.05) is 25.4 Å². The van der Waals surface area contributed by atoms with Crippen LogP contribution in [0.1, 0.15) is 60.8 Å². The Balaban J connectivity index is 1.85. The van der Waals surface area contributed by atoms with Gasteiger partial charge in [0.25, 0.3) is 0 Å². The topological polar surface area (TPSA) is 122 Å². The van der Waals surface area contributed by atoms with Gasteiger partial charge < -0.3 is 19.9 Å². The van der Waals surface area contributed by atoms with Gasteiger partial charge in [0, 0.05) is 30.0 Å². The number of thioether (sulfide) groups is 1. The second kappa shape index (κ2) is 12.4. The zero-order valence-corrected chi connectivity index (χ0v) is 24.1. The lowest BCUT2D eigenvalue weighted by Crippen LogP contribution is -2.67. The average molecular weight is 555 g/mol. The van der Waals surface area contributed by atoms with Crippen LogP contribution in [0.3, 0.4) is 0 Å². The van der Waals surface area contributed by atoms with Gasteiger partial charge in [-0.1, -0.05) is 11.8 Å². The van der Waals surface area contributed by atoms with Crippen LogP contribution in [0.5, 0.6) is 5.75 Å². The van der Waals surface area contributed by atoms with Gasteiger partial charge in [0.15, 0.2) is 0 Å². The molecule has 2 rings (SSSR count). The molecule has 11 heteroatoms. The Kier molecular flexibility index (Phi) is 10.3. The number of sulfonamides is 1. The molecule has 1 fully saturated rings. The molecule has 0 spiro atoms. The first-order valence-corrected chi connectivity index (χ1v) is 14.6. The van der Waals surface area contributed by atoms with Crippen LogP contribution < -0.4 is 10.1 Å². The Morgan fingerprint density at radius 2 is 1.78 bits per heavy atom. The number of amides is 1. The van der Waals surface area contributed by atoms with Gasteiger partial charge >= 0.3 is 12.1 Å². The van der Waals surface area contributed by atoms with Crippen LogP contribution in [0.2, 0.25) is 0 Å². The predicted octanol–water partition coefficient (Wildman–Crippen LogP) is 4.12. The van der Waals surface area contributed by atoms with Crippen LogP contribution in [-0.4, -0.2) is 71.2 Å². The number of ether oxygens (including phenoxy) is 2. The summed E-state index contributed by atoms with van der Waals surface area (Å²) >= 11 is 1.45. The maximum absolute atomic E-state index is 13.4. The van der Waals surface area contributed by atoms with Gasteiger partial charge in [0.1, 0.15) is 23.5 Å². The Bertz CT molecular complexity index is 1120. The maximum atomic E-state index is 13.4. The number of carbonyl (C=O) groups excluding carboxylic acids is 1. The second-order valence-electron chi connectivity index (χ2n) is 10.3. The minimum absolute atomic E-state index is 0.0149. The molecular formula is C26H38N2O7S2. The van der Waals surface area contributed by atoms with E-state index in [4.69, 9.17) is 9.47 Å². The van der Waals surface area contributed by atoms with Crippen molar-refractivity contribution < 1.29 is 32.6 Å². The number of hydrogen-bond acceptors (Lipinski definition) is 7. The highest BCUT2D eigenvalue weighted by atomic mass is 32.2. The quantitative estimate of drug-likeness (QED) is 0.345. The Hall–Kier alpha value is -2.42. The Labute approximate surface area is 224 Å². The Morgan fingerprint density at radius 3 is 2.38 bits per heavy atom. The number of carbonyl (C=O) groups is 2. The van der Waals surface area contributed by atoms with Crippen LogP contribution >= 0.6 is 11.8 Å². The van der Waals surface area contributed by atoms with Gasteiger partial charge in [-0.3, -0.25) is 4.79 Å². The maximum Gasteiger partial charge on any atom is 0.407 e. The lowest BCUT2D eigenvalue weighted by atomic mass is 9.87. The van der Waals surface area contributed by atoms with Crippen LogP contribution in [-0.2, 0) is 19.6 Å². The van der Waals surface area contributed by atoms with E-state index < -0.39 is 38.0 Å². The van der Waals surface area contributed by atoms with Crippen molar-refractivity contribution in [1.82, 2.24) is 9.62 Å². The molecule has 2 N–H and O–H groups in total. The van der Waals surface area contributed by atoms with Gasteiger partial charge in [-0.05, 0) is 78.6 Å². The molecular weight excluding hydrogens is 516 g/mol. The van der Waals surface area contributed by atoms with Crippen molar-refractivity contribution in [2.24, 2.45) is 0 Å². The molecule has 0 aliphatic carbocycles. The molecule has 206 valence electrons. The molecule has 1 aromatic carbocycles. The number of nitrogens with zero attached hydrogens (tertiary/aromatic N) is 1. The highest BCUT2D eigenvalue weighted by Crippen LogP contribution is 2.45. The highest BCUT2D eigenvalue weighted by molar-refractivity contribution is 8.01. The summed E-state index contributed by atoms with van der Waals surface area (Å²) in [4.78, 5) is 23.8. The summed E-state index contributed by atoms with van der Waals surface area (Å²) in [6.07, 6.45) is 1.82. The first-order valence-electron chi connectivity index (χ1n) is 12.2. The van der Waals surface area contributed by atoms with E-state index in [-0.39, 0.29) is 18.0 Å². The van der Waals surface area contributed by atoms with Crippen LogP contribution in [0, 0.1) is 11.8 Å². The van der Waals surface area contributed by atoms with Gasteiger partial charge in [-0.25, -0.2) is 13.2 Å². The molecule has 0 radical (unpaired) electrons. The third-order valence-corrected chi connectivity index (χ3v) is 9.59. The molecule has 1 atom stereocenters. The van der Waals surface area contributed by atoms with Crippen LogP contribution in [0.4, 0.5) is 4.79 Å². The molecule has 1 saturated heterocycles. The van der Waals surface area contributed by atoms with Crippen molar-refractivity contribution >= 4 is 33.8 Å². The molecule has 1 aliphatic rings. The summed E-state index contributed by atoms with van der Waals surface area (Å²) in [7, 11) is -4.04. The monoisotopic (exact) mass is 554 g/mol. The summed E-state index contributed by atoms with van der Waals surface area (Å²) in [6.45, 7) is 11.2. The predicted molar refractivity (Wildman–Crippen MR) is 144 cm³/mol. The van der Waals surface area contributed by atoms with Gasteiger partial charge in [0.05, 0.1) is 4.90 Å². The molecule has 0 unspecified atom stereocenters. The van der Waals surface area contributed by atoms with E-state index in [1.165, 1.54) is 30.8 Å². The number of carboxylic acids is 1. The average Bonchev–Trinajstić information content (AvgIpc) is 2.78. The molecule has 1 aromatic rings. The van der Waals surface area contributed by atoms with Crippen LogP contribution in [0.15, 0.2) is 29.2 Å². The molecule has 1 aliphatic heterocycles. The van der Waals surface area contributed by atoms with Crippen molar-refractivity contribution in [3.63, 3.8) is 0 Å². The van der Waals surface area contributed by atoms with Gasteiger partial charge in [-0.2, -0.15) is 16.1 Å². The zero-order chi connectivity index (χ0) is 27.9. The second-order valence-corrected chi connectivity index (χ2v) is 13.9. The Morgan fingerprint density at radius 1 is 1.14 bits per heavy atom. The van der Waals surface area contributed by atoms with E-state index in [0.717, 1.165) is 17.1 Å². The van der Waals surface area contributed by atoms with E-state index in [9.17, 15) is 23.1 Å². The minimum Gasteiger partial charge on any atom is -0.481 e. The number of hydrogen-bond donors (Lipinski definition) is 2. The van der Waals surface area contributed by atoms with E-state index in [0.29, 0.717) is 24.5 Å². The van der Waals surface area contributed by atoms with E-state index in [2.05, 4.69) is 17.2 Å². The number of alkyl carbamates (subject to hydrolysis) is 1. The smallest absolute Gasteiger partial charge is 0.407 e. The highest BCUT2D eigenvalue weighted by Gasteiger charge is 2.58. The fourth-order valence-corrected chi connectivity index (χ4v) is 7.00. The van der Waals surface area contributed by atoms with Gasteiger partial charge in [-0.15, -0.1) is 0 Å². The largest absolute Gasteiger partial charge is 0.481 e. The molecule has 0 aromatic heterocycles. The summed E-state index contributed by atoms with van der Waals surface area (Å²) in [5.74, 6) is 5.72. The summed E-state index contributed by atoms with van der Waals surface area (Å²) in [5, 5.41) is 12.6. The number of aliphatic carboxylic acids is 1. The van der Waals surface area contributed by atoms with E-state index in [1.807, 2.05) is 20.8 Å². The fraction of sp³-hybridized carbons (Fsp3) is 0.615. The standard InChI is InChI=1S/C26H38N2O7S2/c1-24(2,3)35-23(31)27-16-10-8-7-9-11-18-34-20-12-14-21(15-13-20)37(32,33)28-17-19-36-25(4,5)26(28,6)22(29)30/h12-15H,7-8,10,16-19H2,1-6H3,(H,27,31)(H,29,30)/t26-/m0/s1. The molecule has 1 amide bonds. The number of unbranched alkanes of at least 4 members (excludes halogenated alkanes) is 2. The van der Waals surface area contributed by atoms with E-state index in [1.54, 1.807) is 26.0 Å². The minimum atomic E-state index is -4.04. The molecule has 37 heavy (non-hydrogen) atoms.